The van der Waals surface area contributed by atoms with Crippen molar-refractivity contribution in [3.8, 4) is 11.6 Å². The standard InChI is InChI=1S/C12H8ClFN4O/c13-10-6(14)2-1-3-8(10)18-11-7(16-12(18)15)4-5-9(19)17-11/h1-5H,(H2,15,16)(H,17,19). The predicted octanol–water partition coefficient (Wildman–Crippen LogP) is 2.50. The highest BCUT2D eigenvalue weighted by Crippen LogP contribution is 2.29. The molecule has 2 heterocycles. The van der Waals surface area contributed by atoms with E-state index in [0.29, 0.717) is 16.9 Å². The smallest absolute Gasteiger partial charge is 0.212 e. The number of nitrogen functional groups attached to an aromatic ring is 1. The Labute approximate surface area is 112 Å². The van der Waals surface area contributed by atoms with Crippen molar-refractivity contribution in [3.05, 3.63) is 41.2 Å². The van der Waals surface area contributed by atoms with Crippen molar-refractivity contribution in [3.63, 3.8) is 0 Å². The van der Waals surface area contributed by atoms with Crippen LogP contribution in [-0.2, 0) is 0 Å². The van der Waals surface area contributed by atoms with Crippen LogP contribution in [0, 0.1) is 5.82 Å². The van der Waals surface area contributed by atoms with E-state index in [2.05, 4.69) is 9.97 Å². The number of imidazole rings is 1. The largest absolute Gasteiger partial charge is 0.493 e. The fourth-order valence-corrected chi connectivity index (χ4v) is 2.08. The molecule has 7 heteroatoms. The van der Waals surface area contributed by atoms with Crippen molar-refractivity contribution in [2.24, 2.45) is 0 Å². The zero-order valence-electron chi connectivity index (χ0n) is 9.51. The van der Waals surface area contributed by atoms with E-state index in [4.69, 9.17) is 17.3 Å². The summed E-state index contributed by atoms with van der Waals surface area (Å²) in [7, 11) is 0. The van der Waals surface area contributed by atoms with E-state index in [0.717, 1.165) is 0 Å². The van der Waals surface area contributed by atoms with Gasteiger partial charge < -0.3 is 10.8 Å². The number of nitrogens with zero attached hydrogens (tertiary/aromatic N) is 3. The number of halogens is 2. The Morgan fingerprint density at radius 1 is 1.21 bits per heavy atom. The second kappa shape index (κ2) is 4.10. The monoisotopic (exact) mass is 278 g/mol. The SMILES string of the molecule is Nc1nc2ccc(O)nc2n1-c1cccc(F)c1Cl. The van der Waals surface area contributed by atoms with Crippen LogP contribution in [0.3, 0.4) is 0 Å². The third kappa shape index (κ3) is 1.77. The minimum absolute atomic E-state index is 0.0846. The molecule has 0 atom stereocenters. The average molecular weight is 279 g/mol. The molecule has 0 aliphatic heterocycles. The van der Waals surface area contributed by atoms with Crippen LogP contribution in [0.2, 0.25) is 5.02 Å². The maximum atomic E-state index is 13.5. The minimum Gasteiger partial charge on any atom is -0.493 e. The zero-order valence-corrected chi connectivity index (χ0v) is 10.3. The van der Waals surface area contributed by atoms with Gasteiger partial charge in [-0.05, 0) is 18.2 Å². The van der Waals surface area contributed by atoms with Gasteiger partial charge in [0.1, 0.15) is 16.4 Å². The van der Waals surface area contributed by atoms with Crippen LogP contribution in [0.5, 0.6) is 5.88 Å². The van der Waals surface area contributed by atoms with Gasteiger partial charge in [-0.3, -0.25) is 4.57 Å². The normalized spacial score (nSPS) is 11.1. The van der Waals surface area contributed by atoms with E-state index in [1.54, 1.807) is 12.1 Å². The van der Waals surface area contributed by atoms with Gasteiger partial charge in [0.25, 0.3) is 0 Å². The van der Waals surface area contributed by atoms with Gasteiger partial charge in [-0.1, -0.05) is 17.7 Å². The molecule has 0 unspecified atom stereocenters. The van der Waals surface area contributed by atoms with E-state index in [1.807, 2.05) is 0 Å². The topological polar surface area (TPSA) is 77.0 Å². The molecule has 0 radical (unpaired) electrons. The quantitative estimate of drug-likeness (QED) is 0.717. The van der Waals surface area contributed by atoms with E-state index < -0.39 is 5.82 Å². The first kappa shape index (κ1) is 11.7. The van der Waals surface area contributed by atoms with Crippen molar-refractivity contribution in [1.82, 2.24) is 14.5 Å². The molecular weight excluding hydrogens is 271 g/mol. The first-order valence-corrected chi connectivity index (χ1v) is 5.74. The van der Waals surface area contributed by atoms with Crippen molar-refractivity contribution in [2.75, 3.05) is 5.73 Å². The van der Waals surface area contributed by atoms with Crippen LogP contribution in [0.4, 0.5) is 10.3 Å². The summed E-state index contributed by atoms with van der Waals surface area (Å²) in [6, 6.07) is 7.30. The highest BCUT2D eigenvalue weighted by atomic mass is 35.5. The van der Waals surface area contributed by atoms with Crippen molar-refractivity contribution < 1.29 is 9.50 Å². The van der Waals surface area contributed by atoms with Gasteiger partial charge in [0, 0.05) is 6.07 Å². The molecule has 3 rings (SSSR count). The molecule has 0 aliphatic rings. The van der Waals surface area contributed by atoms with Gasteiger partial charge >= 0.3 is 0 Å². The van der Waals surface area contributed by atoms with Crippen molar-refractivity contribution >= 4 is 28.7 Å². The fourth-order valence-electron chi connectivity index (χ4n) is 1.87. The number of pyridine rings is 1. The molecule has 0 aliphatic carbocycles. The third-order valence-corrected chi connectivity index (χ3v) is 3.06. The molecule has 3 aromatic rings. The minimum atomic E-state index is -0.569. The number of rotatable bonds is 1. The molecule has 0 saturated heterocycles. The van der Waals surface area contributed by atoms with Crippen LogP contribution in [0.15, 0.2) is 30.3 Å². The molecule has 0 bridgehead atoms. The van der Waals surface area contributed by atoms with Gasteiger partial charge in [0.05, 0.1) is 5.69 Å². The number of aromatic nitrogens is 3. The molecule has 1 aromatic carbocycles. The summed E-state index contributed by atoms with van der Waals surface area (Å²) in [6.45, 7) is 0. The number of hydrogen-bond donors (Lipinski definition) is 2. The maximum Gasteiger partial charge on any atom is 0.212 e. The molecule has 19 heavy (non-hydrogen) atoms. The second-order valence-corrected chi connectivity index (χ2v) is 4.27. The molecular formula is C12H8ClFN4O. The van der Waals surface area contributed by atoms with Crippen LogP contribution < -0.4 is 5.73 Å². The van der Waals surface area contributed by atoms with Crippen molar-refractivity contribution in [2.45, 2.75) is 0 Å². The number of fused-ring (bicyclic) bond motifs is 1. The molecule has 5 nitrogen and oxygen atoms in total. The lowest BCUT2D eigenvalue weighted by Gasteiger charge is -2.08. The van der Waals surface area contributed by atoms with Crippen LogP contribution in [-0.4, -0.2) is 19.6 Å². The molecule has 0 fully saturated rings. The lowest BCUT2D eigenvalue weighted by molar-refractivity contribution is 0.455. The number of anilines is 1. The van der Waals surface area contributed by atoms with E-state index in [1.165, 1.54) is 22.8 Å². The fraction of sp³-hybridized carbons (Fsp3) is 0. The van der Waals surface area contributed by atoms with Gasteiger partial charge in [0.15, 0.2) is 5.65 Å². The van der Waals surface area contributed by atoms with Gasteiger partial charge in [-0.15, -0.1) is 0 Å². The van der Waals surface area contributed by atoms with Gasteiger partial charge in [-0.2, -0.15) is 4.98 Å². The van der Waals surface area contributed by atoms with Crippen LogP contribution >= 0.6 is 11.6 Å². The predicted molar refractivity (Wildman–Crippen MR) is 69.9 cm³/mol. The van der Waals surface area contributed by atoms with E-state index in [-0.39, 0.29) is 16.9 Å². The summed E-state index contributed by atoms with van der Waals surface area (Å²) in [6.07, 6.45) is 0. The Kier molecular flexibility index (Phi) is 2.53. The molecule has 0 amide bonds. The number of benzene rings is 1. The van der Waals surface area contributed by atoms with Gasteiger partial charge in [0.2, 0.25) is 11.8 Å². The lowest BCUT2D eigenvalue weighted by Crippen LogP contribution is -2.02. The Hall–Kier alpha value is -2.34. The molecule has 0 saturated carbocycles. The molecule has 3 N–H and O–H groups in total. The summed E-state index contributed by atoms with van der Waals surface area (Å²) in [5.41, 5.74) is 6.91. The number of hydrogen-bond acceptors (Lipinski definition) is 4. The van der Waals surface area contributed by atoms with Crippen LogP contribution in [0.1, 0.15) is 0 Å². The highest BCUT2D eigenvalue weighted by molar-refractivity contribution is 6.32. The summed E-state index contributed by atoms with van der Waals surface area (Å²) in [5, 5.41) is 9.35. The Balaban J connectivity index is 2.39. The molecule has 0 spiro atoms. The average Bonchev–Trinajstić information content (AvgIpc) is 2.69. The Bertz CT molecular complexity index is 787. The highest BCUT2D eigenvalue weighted by Gasteiger charge is 2.16. The van der Waals surface area contributed by atoms with Crippen LogP contribution in [0.25, 0.3) is 16.9 Å². The Morgan fingerprint density at radius 3 is 2.79 bits per heavy atom. The number of nitrogens with two attached hydrogens (primary N) is 1. The summed E-state index contributed by atoms with van der Waals surface area (Å²) < 4.78 is 14.9. The molecule has 96 valence electrons. The molecule has 2 aromatic heterocycles. The van der Waals surface area contributed by atoms with E-state index >= 15 is 0 Å². The third-order valence-electron chi connectivity index (χ3n) is 2.69. The first-order valence-electron chi connectivity index (χ1n) is 5.36. The number of aromatic hydroxyl groups is 1. The zero-order chi connectivity index (χ0) is 13.6. The summed E-state index contributed by atoms with van der Waals surface area (Å²) in [4.78, 5) is 8.03. The second-order valence-electron chi connectivity index (χ2n) is 3.89. The summed E-state index contributed by atoms with van der Waals surface area (Å²) in [5.74, 6) is -0.637. The first-order chi connectivity index (χ1) is 9.08. The van der Waals surface area contributed by atoms with Gasteiger partial charge in [-0.25, -0.2) is 9.37 Å². The maximum absolute atomic E-state index is 13.5. The Morgan fingerprint density at radius 2 is 2.00 bits per heavy atom. The lowest BCUT2D eigenvalue weighted by atomic mass is 10.3. The van der Waals surface area contributed by atoms with Crippen molar-refractivity contribution in [1.29, 1.82) is 0 Å². The van der Waals surface area contributed by atoms with E-state index in [9.17, 15) is 9.50 Å². The summed E-state index contributed by atoms with van der Waals surface area (Å²) >= 11 is 5.93.